The number of nitrogen functional groups attached to an aromatic ring is 1. The molecule has 2 aromatic carbocycles. The SMILES string of the molecule is CNc1nn(CC(=O)Nc2cc(C)c(Cl)cc2OC)c(N)c1-c1nc(-c2ccccc2C)no1. The number of nitrogens with zero attached hydrogens (tertiary/aromatic N) is 4. The predicted molar refractivity (Wildman–Crippen MR) is 131 cm³/mol. The van der Waals surface area contributed by atoms with Crippen LogP contribution in [0, 0.1) is 13.8 Å². The Morgan fingerprint density at radius 1 is 1.24 bits per heavy atom. The summed E-state index contributed by atoms with van der Waals surface area (Å²) in [6, 6.07) is 11.1. The van der Waals surface area contributed by atoms with Crippen molar-refractivity contribution in [1.29, 1.82) is 0 Å². The first-order valence-corrected chi connectivity index (χ1v) is 10.8. The van der Waals surface area contributed by atoms with Crippen LogP contribution >= 0.6 is 11.6 Å². The van der Waals surface area contributed by atoms with Crippen LogP contribution in [0.25, 0.3) is 22.8 Å². The minimum Gasteiger partial charge on any atom is -0.495 e. The quantitative estimate of drug-likeness (QED) is 0.358. The van der Waals surface area contributed by atoms with Crippen LogP contribution in [0.1, 0.15) is 11.1 Å². The van der Waals surface area contributed by atoms with Gasteiger partial charge in [0.05, 0.1) is 12.8 Å². The highest BCUT2D eigenvalue weighted by Gasteiger charge is 2.24. The number of nitrogens with two attached hydrogens (primary N) is 1. The van der Waals surface area contributed by atoms with Crippen molar-refractivity contribution in [1.82, 2.24) is 19.9 Å². The number of hydrogen-bond donors (Lipinski definition) is 3. The van der Waals surface area contributed by atoms with E-state index < -0.39 is 0 Å². The van der Waals surface area contributed by atoms with Gasteiger partial charge in [-0.05, 0) is 31.0 Å². The molecule has 0 aliphatic rings. The van der Waals surface area contributed by atoms with Gasteiger partial charge in [0.2, 0.25) is 11.7 Å². The average molecular weight is 482 g/mol. The van der Waals surface area contributed by atoms with Crippen molar-refractivity contribution < 1.29 is 14.1 Å². The van der Waals surface area contributed by atoms with E-state index in [2.05, 4.69) is 25.9 Å². The molecule has 0 aliphatic carbocycles. The predicted octanol–water partition coefficient (Wildman–Crippen LogP) is 4.14. The molecule has 0 saturated carbocycles. The number of aryl methyl sites for hydroxylation is 2. The Labute approximate surface area is 201 Å². The fraction of sp³-hybridized carbons (Fsp3) is 0.217. The average Bonchev–Trinajstić information content (AvgIpc) is 3.41. The molecule has 0 unspecified atom stereocenters. The Bertz CT molecular complexity index is 1360. The summed E-state index contributed by atoms with van der Waals surface area (Å²) in [5.41, 5.74) is 9.92. The molecular weight excluding hydrogens is 458 g/mol. The molecule has 0 fully saturated rings. The summed E-state index contributed by atoms with van der Waals surface area (Å²) in [7, 11) is 3.19. The van der Waals surface area contributed by atoms with Crippen molar-refractivity contribution in [2.45, 2.75) is 20.4 Å². The van der Waals surface area contributed by atoms with E-state index in [-0.39, 0.29) is 24.2 Å². The molecule has 0 spiro atoms. The van der Waals surface area contributed by atoms with E-state index >= 15 is 0 Å². The molecule has 10 nitrogen and oxygen atoms in total. The van der Waals surface area contributed by atoms with Crippen LogP contribution in [0.15, 0.2) is 40.9 Å². The Kier molecular flexibility index (Phi) is 6.42. The summed E-state index contributed by atoms with van der Waals surface area (Å²) in [5, 5.41) is 14.8. The number of amides is 1. The van der Waals surface area contributed by atoms with Crippen LogP contribution in [0.4, 0.5) is 17.3 Å². The van der Waals surface area contributed by atoms with Crippen LogP contribution in [0.3, 0.4) is 0 Å². The molecule has 2 heterocycles. The third-order valence-corrected chi connectivity index (χ3v) is 5.71. The number of nitrogens with one attached hydrogen (secondary N) is 2. The fourth-order valence-electron chi connectivity index (χ4n) is 3.50. The third kappa shape index (κ3) is 4.40. The third-order valence-electron chi connectivity index (χ3n) is 5.30. The number of rotatable bonds is 7. The number of methoxy groups -OCH3 is 1. The van der Waals surface area contributed by atoms with Crippen molar-refractivity contribution >= 4 is 34.8 Å². The van der Waals surface area contributed by atoms with E-state index in [1.807, 2.05) is 38.1 Å². The molecule has 4 rings (SSSR count). The highest BCUT2D eigenvalue weighted by molar-refractivity contribution is 6.31. The first kappa shape index (κ1) is 23.1. The van der Waals surface area contributed by atoms with Crippen LogP contribution in [-0.2, 0) is 11.3 Å². The summed E-state index contributed by atoms with van der Waals surface area (Å²) >= 11 is 6.15. The lowest BCUT2D eigenvalue weighted by Gasteiger charge is -2.12. The molecule has 34 heavy (non-hydrogen) atoms. The lowest BCUT2D eigenvalue weighted by Crippen LogP contribution is -2.21. The topological polar surface area (TPSA) is 133 Å². The highest BCUT2D eigenvalue weighted by atomic mass is 35.5. The first-order valence-electron chi connectivity index (χ1n) is 10.4. The number of benzene rings is 2. The summed E-state index contributed by atoms with van der Waals surface area (Å²) < 4.78 is 12.2. The standard InChI is InChI=1S/C23H24ClN7O3/c1-12-7-5-6-8-14(12)21-28-23(34-30-21)19-20(25)31(29-22(19)26-3)11-18(32)27-16-9-13(2)15(24)10-17(16)33-4/h5-10H,11,25H2,1-4H3,(H,26,29)(H,27,32). The number of hydrogen-bond acceptors (Lipinski definition) is 8. The van der Waals surface area contributed by atoms with Crippen LogP contribution in [0.5, 0.6) is 5.75 Å². The van der Waals surface area contributed by atoms with Crippen LogP contribution in [-0.4, -0.2) is 40.0 Å². The van der Waals surface area contributed by atoms with Crippen LogP contribution < -0.4 is 21.1 Å². The molecule has 2 aromatic heterocycles. The Hall–Kier alpha value is -4.05. The Morgan fingerprint density at radius 3 is 2.71 bits per heavy atom. The summed E-state index contributed by atoms with van der Waals surface area (Å²) in [6.07, 6.45) is 0. The second-order valence-electron chi connectivity index (χ2n) is 7.60. The van der Waals surface area contributed by atoms with Crippen molar-refractivity contribution in [3.8, 4) is 28.6 Å². The van der Waals surface area contributed by atoms with E-state index in [0.29, 0.717) is 33.7 Å². The molecule has 0 atom stereocenters. The van der Waals surface area contributed by atoms with Gasteiger partial charge >= 0.3 is 0 Å². The zero-order valence-corrected chi connectivity index (χ0v) is 19.9. The van der Waals surface area contributed by atoms with Crippen molar-refractivity contribution in [3.63, 3.8) is 0 Å². The molecule has 0 radical (unpaired) electrons. The van der Waals surface area contributed by atoms with Gasteiger partial charge < -0.3 is 25.6 Å². The van der Waals surface area contributed by atoms with Gasteiger partial charge in [-0.25, -0.2) is 4.68 Å². The van der Waals surface area contributed by atoms with E-state index in [9.17, 15) is 4.79 Å². The summed E-state index contributed by atoms with van der Waals surface area (Å²) in [4.78, 5) is 17.3. The fourth-order valence-corrected chi connectivity index (χ4v) is 3.65. The summed E-state index contributed by atoms with van der Waals surface area (Å²) in [6.45, 7) is 3.65. The molecule has 4 aromatic rings. The first-order chi connectivity index (χ1) is 16.3. The minimum atomic E-state index is -0.352. The second-order valence-corrected chi connectivity index (χ2v) is 8.01. The van der Waals surface area contributed by atoms with Crippen molar-refractivity contribution in [3.05, 3.63) is 52.5 Å². The smallest absolute Gasteiger partial charge is 0.265 e. The maximum atomic E-state index is 12.8. The zero-order valence-electron chi connectivity index (χ0n) is 19.1. The monoisotopic (exact) mass is 481 g/mol. The van der Waals surface area contributed by atoms with Gasteiger partial charge in [0.1, 0.15) is 23.7 Å². The van der Waals surface area contributed by atoms with E-state index in [0.717, 1.165) is 16.7 Å². The van der Waals surface area contributed by atoms with Gasteiger partial charge in [-0.15, -0.1) is 0 Å². The van der Waals surface area contributed by atoms with E-state index in [1.54, 1.807) is 19.2 Å². The van der Waals surface area contributed by atoms with Crippen molar-refractivity contribution in [2.24, 2.45) is 0 Å². The van der Waals surface area contributed by atoms with E-state index in [4.69, 9.17) is 26.6 Å². The highest BCUT2D eigenvalue weighted by Crippen LogP contribution is 2.34. The maximum Gasteiger partial charge on any atom is 0.265 e. The minimum absolute atomic E-state index is 0.149. The summed E-state index contributed by atoms with van der Waals surface area (Å²) in [5.74, 6) is 1.34. The molecule has 0 bridgehead atoms. The molecule has 11 heteroatoms. The molecule has 4 N–H and O–H groups in total. The molecular formula is C23H24ClN7O3. The molecule has 1 amide bonds. The normalized spacial score (nSPS) is 10.9. The van der Waals surface area contributed by atoms with Gasteiger partial charge in [-0.3, -0.25) is 4.79 Å². The van der Waals surface area contributed by atoms with Gasteiger partial charge in [0.25, 0.3) is 5.89 Å². The lowest BCUT2D eigenvalue weighted by atomic mass is 10.1. The number of carbonyl (C=O) groups is 1. The molecule has 0 aliphatic heterocycles. The van der Waals surface area contributed by atoms with Gasteiger partial charge in [0.15, 0.2) is 5.82 Å². The lowest BCUT2D eigenvalue weighted by molar-refractivity contribution is -0.116. The van der Waals surface area contributed by atoms with Gasteiger partial charge in [-0.1, -0.05) is 41.0 Å². The zero-order chi connectivity index (χ0) is 24.4. The Balaban J connectivity index is 1.60. The number of carbonyl (C=O) groups excluding carboxylic acids is 1. The van der Waals surface area contributed by atoms with Crippen molar-refractivity contribution in [2.75, 3.05) is 30.5 Å². The second kappa shape index (κ2) is 9.44. The number of halogens is 1. The maximum absolute atomic E-state index is 12.8. The number of aromatic nitrogens is 4. The largest absolute Gasteiger partial charge is 0.495 e. The molecule has 176 valence electrons. The van der Waals surface area contributed by atoms with Crippen LogP contribution in [0.2, 0.25) is 5.02 Å². The number of anilines is 3. The Morgan fingerprint density at radius 2 is 2.00 bits per heavy atom. The number of ether oxygens (including phenoxy) is 1. The molecule has 0 saturated heterocycles. The van der Waals surface area contributed by atoms with Gasteiger partial charge in [0, 0.05) is 23.7 Å². The van der Waals surface area contributed by atoms with E-state index in [1.165, 1.54) is 11.8 Å². The van der Waals surface area contributed by atoms with Gasteiger partial charge in [-0.2, -0.15) is 10.1 Å².